The zero-order chi connectivity index (χ0) is 16.5. The third kappa shape index (κ3) is 3.37. The van der Waals surface area contributed by atoms with E-state index in [1.807, 2.05) is 0 Å². The molecule has 0 aliphatic carbocycles. The zero-order valence-electron chi connectivity index (χ0n) is 11.6. The van der Waals surface area contributed by atoms with Crippen molar-refractivity contribution in [2.75, 3.05) is 27.6 Å². The summed E-state index contributed by atoms with van der Waals surface area (Å²) >= 11 is 0. The van der Waals surface area contributed by atoms with E-state index in [0.717, 1.165) is 7.11 Å². The molecule has 2 fully saturated rings. The Morgan fingerprint density at radius 2 is 1.77 bits per heavy atom. The van der Waals surface area contributed by atoms with Crippen molar-refractivity contribution in [1.29, 1.82) is 0 Å². The van der Waals surface area contributed by atoms with E-state index < -0.39 is 46.3 Å². The Morgan fingerprint density at radius 1 is 1.14 bits per heavy atom. The molecule has 5 atom stereocenters. The molecule has 12 heteroatoms. The highest BCUT2D eigenvalue weighted by Crippen LogP contribution is 2.33. The van der Waals surface area contributed by atoms with Crippen molar-refractivity contribution in [1.82, 2.24) is 0 Å². The molecule has 0 aromatic heterocycles. The van der Waals surface area contributed by atoms with Crippen LogP contribution in [0.1, 0.15) is 0 Å². The lowest BCUT2D eigenvalue weighted by atomic mass is 9.98. The topological polar surface area (TPSA) is 89.5 Å². The van der Waals surface area contributed by atoms with Crippen LogP contribution >= 0.6 is 0 Å². The van der Waals surface area contributed by atoms with Crippen LogP contribution in [0.15, 0.2) is 0 Å². The summed E-state index contributed by atoms with van der Waals surface area (Å²) in [5.74, 6) is 0. The summed E-state index contributed by atoms with van der Waals surface area (Å²) < 4.78 is 89.4. The maximum absolute atomic E-state index is 12.4. The Kier molecular flexibility index (Phi) is 5.31. The molecule has 130 valence electrons. The Bertz CT molecular complexity index is 481. The van der Waals surface area contributed by atoms with E-state index in [4.69, 9.17) is 23.7 Å². The minimum Gasteiger partial charge on any atom is -0.376 e. The average Bonchev–Trinajstić information content (AvgIpc) is 2.44. The third-order valence-corrected chi connectivity index (χ3v) is 4.28. The molecule has 2 rings (SSSR count). The second-order valence-corrected chi connectivity index (χ2v) is 6.12. The van der Waals surface area contributed by atoms with Gasteiger partial charge in [-0.1, -0.05) is 0 Å². The molecular weight excluding hydrogens is 337 g/mol. The number of fused-ring (bicyclic) bond motifs is 1. The molecule has 0 aromatic carbocycles. The number of hydrogen-bond acceptors (Lipinski definition) is 8. The van der Waals surface area contributed by atoms with Crippen molar-refractivity contribution in [2.24, 2.45) is 0 Å². The number of hydrogen-bond donors (Lipinski definition) is 0. The van der Waals surface area contributed by atoms with E-state index in [2.05, 4.69) is 4.18 Å². The molecule has 8 nitrogen and oxygen atoms in total. The van der Waals surface area contributed by atoms with Gasteiger partial charge in [-0.05, 0) is 0 Å². The molecule has 0 unspecified atom stereocenters. The molecule has 2 aliphatic heterocycles. The van der Waals surface area contributed by atoms with Gasteiger partial charge >= 0.3 is 15.6 Å². The molecule has 22 heavy (non-hydrogen) atoms. The van der Waals surface area contributed by atoms with Gasteiger partial charge in [-0.25, -0.2) is 4.18 Å². The van der Waals surface area contributed by atoms with Gasteiger partial charge in [0.15, 0.2) is 0 Å². The highest BCUT2D eigenvalue weighted by Gasteiger charge is 2.55. The van der Waals surface area contributed by atoms with Crippen LogP contribution in [0, 0.1) is 0 Å². The Labute approximate surface area is 124 Å². The van der Waals surface area contributed by atoms with Crippen LogP contribution in [0.4, 0.5) is 13.2 Å². The molecule has 0 saturated carbocycles. The smallest absolute Gasteiger partial charge is 0.376 e. The summed E-state index contributed by atoms with van der Waals surface area (Å²) in [6, 6.07) is 0. The van der Waals surface area contributed by atoms with Crippen LogP contribution in [0.2, 0.25) is 0 Å². The number of ether oxygens (including phenoxy) is 5. The largest absolute Gasteiger partial charge is 0.523 e. The van der Waals surface area contributed by atoms with Crippen molar-refractivity contribution in [3.05, 3.63) is 0 Å². The first-order valence-electron chi connectivity index (χ1n) is 6.11. The summed E-state index contributed by atoms with van der Waals surface area (Å²) in [4.78, 5) is 0. The lowest BCUT2D eigenvalue weighted by molar-refractivity contribution is -0.330. The number of alkyl halides is 3. The monoisotopic (exact) mass is 352 g/mol. The standard InChI is InChI=1S/C10H15F3O8S/c1-16-7-6-5(3-18-4-19-6)20-9(8(7)17-2)21-22(14,15)10(11,12)13/h5-9H,3-4H2,1-2H3/t5-,6-,7+,8+,9+/m1/s1. The molecule has 0 amide bonds. The van der Waals surface area contributed by atoms with Crippen molar-refractivity contribution in [3.8, 4) is 0 Å². The van der Waals surface area contributed by atoms with Gasteiger partial charge < -0.3 is 23.7 Å². The van der Waals surface area contributed by atoms with E-state index in [9.17, 15) is 21.6 Å². The molecule has 0 aromatic rings. The van der Waals surface area contributed by atoms with Crippen molar-refractivity contribution < 1.29 is 49.5 Å². The molecule has 0 spiro atoms. The molecule has 0 radical (unpaired) electrons. The highest BCUT2D eigenvalue weighted by molar-refractivity contribution is 7.87. The highest BCUT2D eigenvalue weighted by atomic mass is 32.2. The first-order valence-corrected chi connectivity index (χ1v) is 7.52. The summed E-state index contributed by atoms with van der Waals surface area (Å²) in [5, 5.41) is 0. The lowest BCUT2D eigenvalue weighted by Crippen LogP contribution is -2.63. The minimum absolute atomic E-state index is 0.00706. The number of methoxy groups -OCH3 is 2. The van der Waals surface area contributed by atoms with Crippen LogP contribution in [-0.2, 0) is 38.0 Å². The predicted molar refractivity (Wildman–Crippen MR) is 62.0 cm³/mol. The second kappa shape index (κ2) is 6.55. The van der Waals surface area contributed by atoms with Crippen LogP contribution < -0.4 is 0 Å². The van der Waals surface area contributed by atoms with Gasteiger partial charge in [-0.3, -0.25) is 0 Å². The molecule has 0 N–H and O–H groups in total. The van der Waals surface area contributed by atoms with Crippen LogP contribution in [-0.4, -0.2) is 72.3 Å². The Hall–Kier alpha value is -0.500. The lowest BCUT2D eigenvalue weighted by Gasteiger charge is -2.46. The van der Waals surface area contributed by atoms with E-state index in [-0.39, 0.29) is 13.4 Å². The van der Waals surface area contributed by atoms with Gasteiger partial charge in [0.1, 0.15) is 31.2 Å². The Balaban J connectivity index is 2.22. The maximum atomic E-state index is 12.4. The quantitative estimate of drug-likeness (QED) is 0.515. The van der Waals surface area contributed by atoms with Crippen LogP contribution in [0.5, 0.6) is 0 Å². The molecule has 2 saturated heterocycles. The van der Waals surface area contributed by atoms with Crippen LogP contribution in [0.25, 0.3) is 0 Å². The van der Waals surface area contributed by atoms with Crippen molar-refractivity contribution in [3.63, 3.8) is 0 Å². The molecule has 2 aliphatic rings. The van der Waals surface area contributed by atoms with Crippen LogP contribution in [0.3, 0.4) is 0 Å². The van der Waals surface area contributed by atoms with E-state index in [1.165, 1.54) is 7.11 Å². The molecule has 0 bridgehead atoms. The van der Waals surface area contributed by atoms with Gasteiger partial charge in [0.05, 0.1) is 6.61 Å². The van der Waals surface area contributed by atoms with Gasteiger partial charge in [-0.15, -0.1) is 0 Å². The van der Waals surface area contributed by atoms with E-state index >= 15 is 0 Å². The summed E-state index contributed by atoms with van der Waals surface area (Å²) in [6.07, 6.45) is -5.49. The zero-order valence-corrected chi connectivity index (χ0v) is 12.4. The van der Waals surface area contributed by atoms with E-state index in [0.29, 0.717) is 0 Å². The average molecular weight is 352 g/mol. The summed E-state index contributed by atoms with van der Waals surface area (Å²) in [7, 11) is -3.40. The van der Waals surface area contributed by atoms with Gasteiger partial charge in [0.2, 0.25) is 6.29 Å². The first kappa shape index (κ1) is 17.8. The number of rotatable bonds is 4. The first-order chi connectivity index (χ1) is 10.2. The SMILES string of the molecule is CO[C@@H]1[C@H](OC)[C@H](OS(=O)(=O)C(F)(F)F)O[C@@H]2COCO[C@@H]12. The maximum Gasteiger partial charge on any atom is 0.523 e. The van der Waals surface area contributed by atoms with Gasteiger partial charge in [-0.2, -0.15) is 21.6 Å². The fourth-order valence-corrected chi connectivity index (χ4v) is 2.79. The Morgan fingerprint density at radius 3 is 2.32 bits per heavy atom. The fourth-order valence-electron chi connectivity index (χ4n) is 2.28. The second-order valence-electron chi connectivity index (χ2n) is 4.56. The molecular formula is C10H15F3O8S. The third-order valence-electron chi connectivity index (χ3n) is 3.27. The fraction of sp³-hybridized carbons (Fsp3) is 1.00. The van der Waals surface area contributed by atoms with Gasteiger partial charge in [0, 0.05) is 14.2 Å². The molecule has 2 heterocycles. The summed E-state index contributed by atoms with van der Waals surface area (Å²) in [6.45, 7) is -0.0555. The minimum atomic E-state index is -5.85. The van der Waals surface area contributed by atoms with Crippen molar-refractivity contribution in [2.45, 2.75) is 36.2 Å². The van der Waals surface area contributed by atoms with Crippen molar-refractivity contribution >= 4 is 10.1 Å². The predicted octanol–water partition coefficient (Wildman–Crippen LogP) is -0.0196. The normalized spacial score (nSPS) is 36.9. The van der Waals surface area contributed by atoms with E-state index in [1.54, 1.807) is 0 Å². The summed E-state index contributed by atoms with van der Waals surface area (Å²) in [5.41, 5.74) is -5.58. The van der Waals surface area contributed by atoms with Gasteiger partial charge in [0.25, 0.3) is 0 Å². The number of halogens is 3.